The average molecular weight is 204 g/mol. The van der Waals surface area contributed by atoms with Gasteiger partial charge in [0.05, 0.1) is 6.10 Å². The van der Waals surface area contributed by atoms with Gasteiger partial charge in [0, 0.05) is 0 Å². The van der Waals surface area contributed by atoms with Gasteiger partial charge in [-0.25, -0.2) is 0 Å². The Kier molecular flexibility index (Phi) is 2.59. The first-order chi connectivity index (χ1) is 6.97. The Bertz CT molecular complexity index is 360. The highest BCUT2D eigenvalue weighted by atomic mass is 16.3. The topological polar surface area (TPSA) is 20.2 Å². The van der Waals surface area contributed by atoms with Gasteiger partial charge in [-0.2, -0.15) is 0 Å². The molecule has 0 saturated carbocycles. The molecule has 1 heteroatoms. The van der Waals surface area contributed by atoms with E-state index in [9.17, 15) is 5.11 Å². The Hall–Kier alpha value is -0.820. The number of aryl methyl sites for hydroxylation is 1. The van der Waals surface area contributed by atoms with Crippen molar-refractivity contribution in [3.8, 4) is 0 Å². The molecule has 1 unspecified atom stereocenters. The monoisotopic (exact) mass is 204 g/mol. The van der Waals surface area contributed by atoms with E-state index in [1.807, 2.05) is 0 Å². The lowest BCUT2D eigenvalue weighted by atomic mass is 9.82. The van der Waals surface area contributed by atoms with E-state index in [1.54, 1.807) is 0 Å². The number of hydrogen-bond donors (Lipinski definition) is 1. The van der Waals surface area contributed by atoms with Crippen LogP contribution in [0.1, 0.15) is 43.9 Å². The van der Waals surface area contributed by atoms with E-state index in [4.69, 9.17) is 0 Å². The normalized spacial score (nSPS) is 21.2. The summed E-state index contributed by atoms with van der Waals surface area (Å²) in [5.74, 6) is 0. The van der Waals surface area contributed by atoms with Crippen molar-refractivity contribution in [2.45, 2.75) is 51.6 Å². The zero-order chi connectivity index (χ0) is 11.1. The van der Waals surface area contributed by atoms with Crippen LogP contribution in [-0.2, 0) is 18.3 Å². The molecular weight excluding hydrogens is 184 g/mol. The molecule has 0 heterocycles. The molecule has 82 valence electrons. The Labute approximate surface area is 92.1 Å². The quantitative estimate of drug-likeness (QED) is 0.689. The average Bonchev–Trinajstić information content (AvgIpc) is 2.15. The largest absolute Gasteiger partial charge is 0.393 e. The lowest BCUT2D eigenvalue weighted by Gasteiger charge is -2.25. The Morgan fingerprint density at radius 2 is 1.93 bits per heavy atom. The highest BCUT2D eigenvalue weighted by molar-refractivity contribution is 5.37. The highest BCUT2D eigenvalue weighted by Crippen LogP contribution is 2.28. The molecule has 0 amide bonds. The lowest BCUT2D eigenvalue weighted by molar-refractivity contribution is 0.158. The molecule has 1 aromatic rings. The summed E-state index contributed by atoms with van der Waals surface area (Å²) in [6.45, 7) is 6.69. The Balaban J connectivity index is 2.37. The first-order valence-corrected chi connectivity index (χ1v) is 5.77. The van der Waals surface area contributed by atoms with Gasteiger partial charge in [-0.3, -0.25) is 0 Å². The minimum Gasteiger partial charge on any atom is -0.393 e. The molecule has 0 aliphatic heterocycles. The molecule has 1 nitrogen and oxygen atoms in total. The fourth-order valence-corrected chi connectivity index (χ4v) is 2.20. The Morgan fingerprint density at radius 1 is 1.20 bits per heavy atom. The third kappa shape index (κ3) is 2.23. The number of rotatable bonds is 0. The minimum absolute atomic E-state index is 0.132. The SMILES string of the molecule is CC(C)(C)c1ccc2c(c1)CC(O)CC2. The first-order valence-electron chi connectivity index (χ1n) is 5.77. The van der Waals surface area contributed by atoms with Gasteiger partial charge in [0.15, 0.2) is 0 Å². The summed E-state index contributed by atoms with van der Waals surface area (Å²) in [4.78, 5) is 0. The van der Waals surface area contributed by atoms with E-state index < -0.39 is 0 Å². The van der Waals surface area contributed by atoms with Crippen molar-refractivity contribution >= 4 is 0 Å². The van der Waals surface area contributed by atoms with Crippen LogP contribution in [0.3, 0.4) is 0 Å². The second-order valence-electron chi connectivity index (χ2n) is 5.63. The van der Waals surface area contributed by atoms with Crippen molar-refractivity contribution in [2.75, 3.05) is 0 Å². The summed E-state index contributed by atoms with van der Waals surface area (Å²) in [5, 5.41) is 9.65. The fraction of sp³-hybridized carbons (Fsp3) is 0.571. The van der Waals surface area contributed by atoms with E-state index in [1.165, 1.54) is 16.7 Å². The lowest BCUT2D eigenvalue weighted by Crippen LogP contribution is -2.20. The Morgan fingerprint density at radius 3 is 2.60 bits per heavy atom. The van der Waals surface area contributed by atoms with Gasteiger partial charge in [-0.05, 0) is 41.4 Å². The van der Waals surface area contributed by atoms with E-state index in [-0.39, 0.29) is 11.5 Å². The third-order valence-corrected chi connectivity index (χ3v) is 3.27. The summed E-state index contributed by atoms with van der Waals surface area (Å²) in [6.07, 6.45) is 2.65. The molecule has 0 aromatic heterocycles. The minimum atomic E-state index is -0.132. The predicted molar refractivity (Wildman–Crippen MR) is 63.2 cm³/mol. The molecule has 1 aliphatic rings. The van der Waals surface area contributed by atoms with Gasteiger partial charge in [0.2, 0.25) is 0 Å². The molecular formula is C14H20O. The summed E-state index contributed by atoms with van der Waals surface area (Å²) in [6, 6.07) is 6.75. The summed E-state index contributed by atoms with van der Waals surface area (Å²) in [7, 11) is 0. The van der Waals surface area contributed by atoms with E-state index in [0.717, 1.165) is 19.3 Å². The van der Waals surface area contributed by atoms with E-state index >= 15 is 0 Å². The summed E-state index contributed by atoms with van der Waals surface area (Å²) >= 11 is 0. The standard InChI is InChI=1S/C14H20O/c1-14(2,3)12-6-4-10-5-7-13(15)9-11(10)8-12/h4,6,8,13,15H,5,7,9H2,1-3H3. The number of benzene rings is 1. The maximum atomic E-state index is 9.65. The summed E-state index contributed by atoms with van der Waals surface area (Å²) < 4.78 is 0. The van der Waals surface area contributed by atoms with Crippen molar-refractivity contribution in [1.29, 1.82) is 0 Å². The molecule has 1 atom stereocenters. The molecule has 1 aliphatic carbocycles. The van der Waals surface area contributed by atoms with E-state index in [2.05, 4.69) is 39.0 Å². The van der Waals surface area contributed by atoms with Crippen molar-refractivity contribution in [3.05, 3.63) is 34.9 Å². The van der Waals surface area contributed by atoms with Crippen molar-refractivity contribution < 1.29 is 5.11 Å². The van der Waals surface area contributed by atoms with Gasteiger partial charge < -0.3 is 5.11 Å². The van der Waals surface area contributed by atoms with Crippen molar-refractivity contribution in [1.82, 2.24) is 0 Å². The zero-order valence-electron chi connectivity index (χ0n) is 9.88. The molecule has 0 bridgehead atoms. The molecule has 0 radical (unpaired) electrons. The number of fused-ring (bicyclic) bond motifs is 1. The maximum absolute atomic E-state index is 9.65. The van der Waals surface area contributed by atoms with Gasteiger partial charge in [0.25, 0.3) is 0 Å². The van der Waals surface area contributed by atoms with Crippen LogP contribution in [0.4, 0.5) is 0 Å². The molecule has 0 spiro atoms. The van der Waals surface area contributed by atoms with Crippen molar-refractivity contribution in [3.63, 3.8) is 0 Å². The van der Waals surface area contributed by atoms with Gasteiger partial charge in [0.1, 0.15) is 0 Å². The number of aliphatic hydroxyl groups is 1. The fourth-order valence-electron chi connectivity index (χ4n) is 2.20. The van der Waals surface area contributed by atoms with Crippen LogP contribution in [0.2, 0.25) is 0 Å². The van der Waals surface area contributed by atoms with E-state index in [0.29, 0.717) is 0 Å². The predicted octanol–water partition coefficient (Wildman–Crippen LogP) is 2.83. The van der Waals surface area contributed by atoms with Crippen LogP contribution < -0.4 is 0 Å². The van der Waals surface area contributed by atoms with Crippen LogP contribution >= 0.6 is 0 Å². The molecule has 1 N–H and O–H groups in total. The van der Waals surface area contributed by atoms with Gasteiger partial charge >= 0.3 is 0 Å². The van der Waals surface area contributed by atoms with Gasteiger partial charge in [-0.1, -0.05) is 39.0 Å². The molecule has 1 aromatic carbocycles. The third-order valence-electron chi connectivity index (χ3n) is 3.27. The molecule has 2 rings (SSSR count). The van der Waals surface area contributed by atoms with Crippen LogP contribution in [0.25, 0.3) is 0 Å². The smallest absolute Gasteiger partial charge is 0.0583 e. The number of hydrogen-bond acceptors (Lipinski definition) is 1. The highest BCUT2D eigenvalue weighted by Gasteiger charge is 2.19. The van der Waals surface area contributed by atoms with Gasteiger partial charge in [-0.15, -0.1) is 0 Å². The van der Waals surface area contributed by atoms with Crippen LogP contribution in [0.5, 0.6) is 0 Å². The van der Waals surface area contributed by atoms with Crippen LogP contribution in [0, 0.1) is 0 Å². The number of aliphatic hydroxyl groups excluding tert-OH is 1. The van der Waals surface area contributed by atoms with Crippen LogP contribution in [0.15, 0.2) is 18.2 Å². The van der Waals surface area contributed by atoms with Crippen LogP contribution in [-0.4, -0.2) is 11.2 Å². The first kappa shape index (κ1) is 10.7. The summed E-state index contributed by atoms with van der Waals surface area (Å²) in [5.41, 5.74) is 4.35. The molecule has 0 saturated heterocycles. The second-order valence-corrected chi connectivity index (χ2v) is 5.63. The van der Waals surface area contributed by atoms with Crippen molar-refractivity contribution in [2.24, 2.45) is 0 Å². The second kappa shape index (κ2) is 3.64. The zero-order valence-corrected chi connectivity index (χ0v) is 9.88. The molecule has 15 heavy (non-hydrogen) atoms. The maximum Gasteiger partial charge on any atom is 0.0583 e. The molecule has 0 fully saturated rings.